The van der Waals surface area contributed by atoms with Crippen molar-refractivity contribution in [3.8, 4) is 0 Å². The minimum absolute atomic E-state index is 0.0369. The molecule has 6 heteroatoms. The summed E-state index contributed by atoms with van der Waals surface area (Å²) in [7, 11) is 0. The largest absolute Gasteiger partial charge is 0.481 e. The highest BCUT2D eigenvalue weighted by Gasteiger charge is 2.09. The number of aliphatic carboxylic acids is 1. The van der Waals surface area contributed by atoms with E-state index in [1.54, 1.807) is 5.38 Å². The van der Waals surface area contributed by atoms with Crippen LogP contribution < -0.4 is 5.32 Å². The Morgan fingerprint density at radius 1 is 1.47 bits per heavy atom. The third kappa shape index (κ3) is 4.04. The highest BCUT2D eigenvalue weighted by molar-refractivity contribution is 9.10. The molecule has 0 bridgehead atoms. The maximum Gasteiger partial charge on any atom is 0.309 e. The Balaban J connectivity index is 2.02. The molecule has 4 nitrogen and oxygen atoms in total. The molecule has 0 spiro atoms. The summed E-state index contributed by atoms with van der Waals surface area (Å²) in [6.45, 7) is 2.04. The smallest absolute Gasteiger partial charge is 0.309 e. The van der Waals surface area contributed by atoms with Crippen molar-refractivity contribution in [1.29, 1.82) is 0 Å². The molecule has 19 heavy (non-hydrogen) atoms. The molecule has 0 aliphatic heterocycles. The van der Waals surface area contributed by atoms with Crippen LogP contribution in [0.4, 0.5) is 5.13 Å². The van der Waals surface area contributed by atoms with Gasteiger partial charge in [-0.05, 0) is 24.6 Å². The number of hydrogen-bond donors (Lipinski definition) is 2. The number of rotatable bonds is 5. The Labute approximate surface area is 123 Å². The number of aromatic nitrogens is 1. The van der Waals surface area contributed by atoms with Crippen molar-refractivity contribution in [2.75, 3.05) is 5.32 Å². The second-order valence-corrected chi connectivity index (χ2v) is 5.91. The summed E-state index contributed by atoms with van der Waals surface area (Å²) < 4.78 is 1.04. The van der Waals surface area contributed by atoms with E-state index in [4.69, 9.17) is 5.11 Å². The number of benzene rings is 1. The van der Waals surface area contributed by atoms with Gasteiger partial charge in [-0.25, -0.2) is 4.98 Å². The minimum Gasteiger partial charge on any atom is -0.481 e. The number of nitrogens with one attached hydrogen (secondary N) is 1. The number of carboxylic acids is 1. The molecule has 100 valence electrons. The predicted molar refractivity (Wildman–Crippen MR) is 79.6 cm³/mol. The van der Waals surface area contributed by atoms with E-state index < -0.39 is 5.97 Å². The van der Waals surface area contributed by atoms with Crippen molar-refractivity contribution in [3.05, 3.63) is 45.4 Å². The first-order chi connectivity index (χ1) is 9.04. The Bertz CT molecular complexity index is 568. The van der Waals surface area contributed by atoms with Crippen LogP contribution >= 0.6 is 27.3 Å². The zero-order valence-electron chi connectivity index (χ0n) is 10.3. The first kappa shape index (κ1) is 14.0. The number of halogens is 1. The third-order valence-corrected chi connectivity index (χ3v) is 3.95. The summed E-state index contributed by atoms with van der Waals surface area (Å²) in [6.07, 6.45) is -0.0369. The SMILES string of the molecule is CC(Nc1nc(CC(=O)O)cs1)c1ccc(Br)cc1. The molecule has 0 saturated carbocycles. The Morgan fingerprint density at radius 3 is 2.79 bits per heavy atom. The lowest BCUT2D eigenvalue weighted by molar-refractivity contribution is -0.136. The van der Waals surface area contributed by atoms with Crippen LogP contribution in [0.3, 0.4) is 0 Å². The van der Waals surface area contributed by atoms with Gasteiger partial charge in [0.05, 0.1) is 18.2 Å². The molecule has 1 aromatic carbocycles. The normalized spacial score (nSPS) is 12.1. The Morgan fingerprint density at radius 2 is 2.16 bits per heavy atom. The van der Waals surface area contributed by atoms with Crippen LogP contribution in [0.1, 0.15) is 24.2 Å². The van der Waals surface area contributed by atoms with Crippen LogP contribution in [0.2, 0.25) is 0 Å². The molecule has 2 N–H and O–H groups in total. The molecule has 0 aliphatic rings. The van der Waals surface area contributed by atoms with Crippen molar-refractivity contribution < 1.29 is 9.90 Å². The van der Waals surface area contributed by atoms with Crippen LogP contribution in [-0.2, 0) is 11.2 Å². The molecule has 1 aromatic heterocycles. The summed E-state index contributed by atoms with van der Waals surface area (Å²) in [6, 6.07) is 8.18. The third-order valence-electron chi connectivity index (χ3n) is 2.59. The summed E-state index contributed by atoms with van der Waals surface area (Å²) in [5, 5.41) is 14.5. The van der Waals surface area contributed by atoms with Gasteiger partial charge in [0.1, 0.15) is 0 Å². The zero-order chi connectivity index (χ0) is 13.8. The molecule has 0 aliphatic carbocycles. The van der Waals surface area contributed by atoms with Crippen LogP contribution in [0.5, 0.6) is 0 Å². The fourth-order valence-electron chi connectivity index (χ4n) is 1.63. The van der Waals surface area contributed by atoms with Crippen molar-refractivity contribution in [2.45, 2.75) is 19.4 Å². The van der Waals surface area contributed by atoms with Gasteiger partial charge in [-0.2, -0.15) is 0 Å². The summed E-state index contributed by atoms with van der Waals surface area (Å²) in [5.41, 5.74) is 1.74. The standard InChI is InChI=1S/C13H13BrN2O2S/c1-8(9-2-4-10(14)5-3-9)15-13-16-11(7-19-13)6-12(17)18/h2-5,7-8H,6H2,1H3,(H,15,16)(H,17,18). The topological polar surface area (TPSA) is 62.2 Å². The molecule has 1 atom stereocenters. The van der Waals surface area contributed by atoms with Crippen molar-refractivity contribution in [1.82, 2.24) is 4.98 Å². The first-order valence-electron chi connectivity index (χ1n) is 5.73. The molecular formula is C13H13BrN2O2S. The van der Waals surface area contributed by atoms with Gasteiger partial charge in [0.25, 0.3) is 0 Å². The highest BCUT2D eigenvalue weighted by Crippen LogP contribution is 2.23. The second-order valence-electron chi connectivity index (χ2n) is 4.13. The van der Waals surface area contributed by atoms with Gasteiger partial charge in [0.15, 0.2) is 5.13 Å². The number of anilines is 1. The lowest BCUT2D eigenvalue weighted by Gasteiger charge is -2.13. The second kappa shape index (κ2) is 6.16. The number of hydrogen-bond acceptors (Lipinski definition) is 4. The fourth-order valence-corrected chi connectivity index (χ4v) is 2.69. The minimum atomic E-state index is -0.863. The van der Waals surface area contributed by atoms with E-state index in [1.807, 2.05) is 31.2 Å². The van der Waals surface area contributed by atoms with Gasteiger partial charge in [-0.3, -0.25) is 4.79 Å². The van der Waals surface area contributed by atoms with Crippen molar-refractivity contribution in [2.24, 2.45) is 0 Å². The van der Waals surface area contributed by atoms with E-state index in [2.05, 4.69) is 26.2 Å². The lowest BCUT2D eigenvalue weighted by Crippen LogP contribution is -2.06. The molecule has 2 rings (SSSR count). The summed E-state index contributed by atoms with van der Waals surface area (Å²) in [5.74, 6) is -0.863. The van der Waals surface area contributed by atoms with Gasteiger partial charge in [0.2, 0.25) is 0 Å². The molecule has 2 aromatic rings. The Hall–Kier alpha value is -1.40. The lowest BCUT2D eigenvalue weighted by atomic mass is 10.1. The van der Waals surface area contributed by atoms with E-state index in [-0.39, 0.29) is 12.5 Å². The van der Waals surface area contributed by atoms with E-state index in [9.17, 15) is 4.79 Å². The molecule has 1 unspecified atom stereocenters. The highest BCUT2D eigenvalue weighted by atomic mass is 79.9. The van der Waals surface area contributed by atoms with Gasteiger partial charge in [-0.1, -0.05) is 28.1 Å². The predicted octanol–water partition coefficient (Wildman–Crippen LogP) is 3.71. The molecule has 0 radical (unpaired) electrons. The Kier molecular flexibility index (Phi) is 4.55. The van der Waals surface area contributed by atoms with Crippen LogP contribution in [0.15, 0.2) is 34.1 Å². The van der Waals surface area contributed by atoms with E-state index in [1.165, 1.54) is 11.3 Å². The molecule has 1 heterocycles. The number of nitrogens with zero attached hydrogens (tertiary/aromatic N) is 1. The van der Waals surface area contributed by atoms with E-state index in [0.717, 1.165) is 15.2 Å². The monoisotopic (exact) mass is 340 g/mol. The maximum absolute atomic E-state index is 10.6. The van der Waals surface area contributed by atoms with Crippen molar-refractivity contribution >= 4 is 38.4 Å². The van der Waals surface area contributed by atoms with Gasteiger partial charge in [-0.15, -0.1) is 11.3 Å². The number of carboxylic acid groups (broad SMARTS) is 1. The van der Waals surface area contributed by atoms with Crippen LogP contribution in [0.25, 0.3) is 0 Å². The van der Waals surface area contributed by atoms with E-state index >= 15 is 0 Å². The van der Waals surface area contributed by atoms with Crippen LogP contribution in [0, 0.1) is 0 Å². The van der Waals surface area contributed by atoms with Gasteiger partial charge in [0, 0.05) is 9.85 Å². The molecular weight excluding hydrogens is 328 g/mol. The van der Waals surface area contributed by atoms with E-state index in [0.29, 0.717) is 5.69 Å². The maximum atomic E-state index is 10.6. The summed E-state index contributed by atoms with van der Waals surface area (Å²) in [4.78, 5) is 14.8. The van der Waals surface area contributed by atoms with Gasteiger partial charge < -0.3 is 10.4 Å². The fraction of sp³-hybridized carbons (Fsp3) is 0.231. The molecule has 0 fully saturated rings. The average Bonchev–Trinajstić information content (AvgIpc) is 2.76. The molecule has 0 amide bonds. The summed E-state index contributed by atoms with van der Waals surface area (Å²) >= 11 is 4.82. The quantitative estimate of drug-likeness (QED) is 0.870. The average molecular weight is 341 g/mol. The van der Waals surface area contributed by atoms with Crippen LogP contribution in [-0.4, -0.2) is 16.1 Å². The number of carbonyl (C=O) groups is 1. The first-order valence-corrected chi connectivity index (χ1v) is 7.40. The van der Waals surface area contributed by atoms with Gasteiger partial charge >= 0.3 is 5.97 Å². The number of thiazole rings is 1. The molecule has 0 saturated heterocycles. The van der Waals surface area contributed by atoms with Crippen molar-refractivity contribution in [3.63, 3.8) is 0 Å². The zero-order valence-corrected chi connectivity index (χ0v) is 12.7.